The van der Waals surface area contributed by atoms with Crippen LogP contribution in [-0.4, -0.2) is 28.6 Å². The van der Waals surface area contributed by atoms with Crippen LogP contribution in [0.5, 0.6) is 5.75 Å². The van der Waals surface area contributed by atoms with Crippen molar-refractivity contribution in [3.05, 3.63) is 60.3 Å². The summed E-state index contributed by atoms with van der Waals surface area (Å²) >= 11 is 0. The molecule has 0 saturated heterocycles. The molecule has 2 aromatic heterocycles. The number of ether oxygens (including phenoxy) is 2. The summed E-state index contributed by atoms with van der Waals surface area (Å²) in [5, 5.41) is 3.16. The number of nitrogens with one attached hydrogen (secondary N) is 1. The van der Waals surface area contributed by atoms with E-state index in [2.05, 4.69) is 15.3 Å². The molecule has 0 radical (unpaired) electrons. The third-order valence-corrected chi connectivity index (χ3v) is 3.78. The van der Waals surface area contributed by atoms with E-state index in [0.29, 0.717) is 34.9 Å². The van der Waals surface area contributed by atoms with Crippen LogP contribution in [0.25, 0.3) is 11.3 Å². The lowest BCUT2D eigenvalue weighted by Gasteiger charge is -2.20. The highest BCUT2D eigenvalue weighted by atomic mass is 16.6. The van der Waals surface area contributed by atoms with Crippen LogP contribution in [0.15, 0.2) is 53.4 Å². The number of hydrogen-bond acceptors (Lipinski definition) is 7. The molecule has 7 heteroatoms. The second kappa shape index (κ2) is 8.12. The molecule has 0 amide bonds. The largest absolute Gasteiger partial charge is 0.497 e. The van der Waals surface area contributed by atoms with Gasteiger partial charge in [-0.05, 0) is 51.1 Å². The Balaban J connectivity index is 1.92. The second-order valence-electron chi connectivity index (χ2n) is 7.14. The van der Waals surface area contributed by atoms with E-state index in [1.54, 1.807) is 44.0 Å². The monoisotopic (exact) mass is 381 g/mol. The highest BCUT2D eigenvalue weighted by Crippen LogP contribution is 2.29. The zero-order valence-corrected chi connectivity index (χ0v) is 16.4. The predicted octanol–water partition coefficient (Wildman–Crippen LogP) is 4.31. The van der Waals surface area contributed by atoms with Gasteiger partial charge >= 0.3 is 5.97 Å². The third kappa shape index (κ3) is 4.88. The Bertz CT molecular complexity index is 947. The quantitative estimate of drug-likeness (QED) is 0.637. The number of aromatic nitrogens is 2. The van der Waals surface area contributed by atoms with Crippen molar-refractivity contribution in [2.75, 3.05) is 12.4 Å². The van der Waals surface area contributed by atoms with Crippen LogP contribution in [0.2, 0.25) is 0 Å². The van der Waals surface area contributed by atoms with Gasteiger partial charge in [-0.15, -0.1) is 0 Å². The summed E-state index contributed by atoms with van der Waals surface area (Å²) in [6.07, 6.45) is 4.82. The molecule has 0 spiro atoms. The number of carbonyl (C=O) groups excluding carboxylic acids is 1. The number of esters is 1. The second-order valence-corrected chi connectivity index (χ2v) is 7.14. The smallest absolute Gasteiger partial charge is 0.339 e. The van der Waals surface area contributed by atoms with Crippen molar-refractivity contribution >= 4 is 11.8 Å². The zero-order valence-electron chi connectivity index (χ0n) is 16.4. The van der Waals surface area contributed by atoms with Gasteiger partial charge in [0.25, 0.3) is 0 Å². The van der Waals surface area contributed by atoms with Gasteiger partial charge in [-0.25, -0.2) is 9.78 Å². The molecular weight excluding hydrogens is 358 g/mol. The molecular formula is C21H23N3O4. The average Bonchev–Trinajstić information content (AvgIpc) is 3.18. The first-order chi connectivity index (χ1) is 13.4. The van der Waals surface area contributed by atoms with Crippen molar-refractivity contribution in [2.24, 2.45) is 0 Å². The van der Waals surface area contributed by atoms with Gasteiger partial charge in [0.2, 0.25) is 0 Å². The molecule has 7 nitrogen and oxygen atoms in total. The predicted molar refractivity (Wildman–Crippen MR) is 105 cm³/mol. The fourth-order valence-corrected chi connectivity index (χ4v) is 2.55. The maximum Gasteiger partial charge on any atom is 0.339 e. The Hall–Kier alpha value is -3.35. The summed E-state index contributed by atoms with van der Waals surface area (Å²) in [4.78, 5) is 21.5. The molecule has 1 aromatic carbocycles. The van der Waals surface area contributed by atoms with E-state index in [9.17, 15) is 4.79 Å². The molecule has 0 fully saturated rings. The molecule has 0 aliphatic heterocycles. The minimum absolute atomic E-state index is 0.396. The molecule has 0 atom stereocenters. The van der Waals surface area contributed by atoms with Crippen LogP contribution >= 0.6 is 0 Å². The van der Waals surface area contributed by atoms with Gasteiger partial charge in [-0.3, -0.25) is 4.98 Å². The number of rotatable bonds is 6. The standard InChI is InChI=1S/C21H23N3O4/c1-21(2,3)28-20(25)16-8-7-14(26-4)10-17(16)18-12-22-13-19(24-18)23-11-15-6-5-9-27-15/h5-10,12-13H,11H2,1-4H3,(H,23,24). The lowest BCUT2D eigenvalue weighted by molar-refractivity contribution is 0.00704. The van der Waals surface area contributed by atoms with E-state index in [4.69, 9.17) is 13.9 Å². The average molecular weight is 381 g/mol. The van der Waals surface area contributed by atoms with Crippen LogP contribution in [0, 0.1) is 0 Å². The van der Waals surface area contributed by atoms with E-state index in [0.717, 1.165) is 5.76 Å². The molecule has 0 unspecified atom stereocenters. The van der Waals surface area contributed by atoms with Crippen LogP contribution in [0.3, 0.4) is 0 Å². The molecule has 2 heterocycles. The van der Waals surface area contributed by atoms with Crippen molar-refractivity contribution in [1.29, 1.82) is 0 Å². The summed E-state index contributed by atoms with van der Waals surface area (Å²) in [6.45, 7) is 5.95. The number of nitrogens with zero attached hydrogens (tertiary/aromatic N) is 2. The van der Waals surface area contributed by atoms with Crippen molar-refractivity contribution in [3.8, 4) is 17.0 Å². The summed E-state index contributed by atoms with van der Waals surface area (Å²) in [7, 11) is 1.57. The van der Waals surface area contributed by atoms with Crippen molar-refractivity contribution in [1.82, 2.24) is 9.97 Å². The van der Waals surface area contributed by atoms with E-state index in [-0.39, 0.29) is 0 Å². The highest BCUT2D eigenvalue weighted by Gasteiger charge is 2.22. The number of carbonyl (C=O) groups is 1. The lowest BCUT2D eigenvalue weighted by atomic mass is 10.0. The fraction of sp³-hybridized carbons (Fsp3) is 0.286. The number of benzene rings is 1. The first-order valence-electron chi connectivity index (χ1n) is 8.86. The van der Waals surface area contributed by atoms with Crippen molar-refractivity contribution in [2.45, 2.75) is 32.9 Å². The van der Waals surface area contributed by atoms with Gasteiger partial charge in [0.05, 0.1) is 43.6 Å². The molecule has 3 aromatic rings. The molecule has 146 valence electrons. The highest BCUT2D eigenvalue weighted by molar-refractivity contribution is 5.97. The summed E-state index contributed by atoms with van der Waals surface area (Å²) in [5.41, 5.74) is 0.909. The van der Waals surface area contributed by atoms with Gasteiger partial charge in [-0.2, -0.15) is 0 Å². The maximum atomic E-state index is 12.7. The van der Waals surface area contributed by atoms with Gasteiger partial charge in [0.15, 0.2) is 0 Å². The Morgan fingerprint density at radius 1 is 1.21 bits per heavy atom. The van der Waals surface area contributed by atoms with Crippen LogP contribution in [-0.2, 0) is 11.3 Å². The SMILES string of the molecule is COc1ccc(C(=O)OC(C)(C)C)c(-c2cncc(NCc3ccco3)n2)c1. The molecule has 28 heavy (non-hydrogen) atoms. The lowest BCUT2D eigenvalue weighted by Crippen LogP contribution is -2.24. The van der Waals surface area contributed by atoms with Crippen LogP contribution in [0.1, 0.15) is 36.9 Å². The van der Waals surface area contributed by atoms with Crippen molar-refractivity contribution < 1.29 is 18.7 Å². The zero-order chi connectivity index (χ0) is 20.1. The number of methoxy groups -OCH3 is 1. The number of hydrogen-bond donors (Lipinski definition) is 1. The Morgan fingerprint density at radius 2 is 2.04 bits per heavy atom. The van der Waals surface area contributed by atoms with Gasteiger partial charge < -0.3 is 19.2 Å². The molecule has 0 saturated carbocycles. The Kier molecular flexibility index (Phi) is 5.63. The van der Waals surface area contributed by atoms with Crippen LogP contribution in [0.4, 0.5) is 5.82 Å². The van der Waals surface area contributed by atoms with Gasteiger partial charge in [0.1, 0.15) is 22.9 Å². The first kappa shape index (κ1) is 19.4. The number of anilines is 1. The molecule has 0 aliphatic carbocycles. The summed E-state index contributed by atoms with van der Waals surface area (Å²) in [5.74, 6) is 1.52. The minimum Gasteiger partial charge on any atom is -0.497 e. The first-order valence-corrected chi connectivity index (χ1v) is 8.86. The molecule has 0 bridgehead atoms. The number of furan rings is 1. The molecule has 3 rings (SSSR count). The summed E-state index contributed by atoms with van der Waals surface area (Å²) in [6, 6.07) is 8.83. The topological polar surface area (TPSA) is 86.5 Å². The fourth-order valence-electron chi connectivity index (χ4n) is 2.55. The summed E-state index contributed by atoms with van der Waals surface area (Å²) < 4.78 is 16.1. The van der Waals surface area contributed by atoms with Gasteiger partial charge in [-0.1, -0.05) is 0 Å². The van der Waals surface area contributed by atoms with E-state index < -0.39 is 11.6 Å². The van der Waals surface area contributed by atoms with E-state index >= 15 is 0 Å². The van der Waals surface area contributed by atoms with Gasteiger partial charge in [0, 0.05) is 5.56 Å². The minimum atomic E-state index is -0.605. The van der Waals surface area contributed by atoms with Crippen LogP contribution < -0.4 is 10.1 Å². The molecule has 0 aliphatic rings. The van der Waals surface area contributed by atoms with E-state index in [1.807, 2.05) is 32.9 Å². The van der Waals surface area contributed by atoms with Crippen molar-refractivity contribution in [3.63, 3.8) is 0 Å². The maximum absolute atomic E-state index is 12.7. The molecule has 1 N–H and O–H groups in total. The Morgan fingerprint density at radius 3 is 2.71 bits per heavy atom. The third-order valence-electron chi connectivity index (χ3n) is 3.78. The van der Waals surface area contributed by atoms with E-state index in [1.165, 1.54) is 0 Å². The normalized spacial score (nSPS) is 11.1. The Labute approximate surface area is 163 Å².